The zero-order valence-electron chi connectivity index (χ0n) is 17.1. The highest BCUT2D eigenvalue weighted by Gasteiger charge is 2.30. The number of nitrogens with zero attached hydrogens (tertiary/aromatic N) is 2. The van der Waals surface area contributed by atoms with Crippen LogP contribution in [0, 0.1) is 0 Å². The van der Waals surface area contributed by atoms with Gasteiger partial charge < -0.3 is 15.1 Å². The van der Waals surface area contributed by atoms with Gasteiger partial charge in [-0.2, -0.15) is 0 Å². The lowest BCUT2D eigenvalue weighted by Crippen LogP contribution is -2.46. The van der Waals surface area contributed by atoms with Crippen LogP contribution in [0.5, 0.6) is 0 Å². The molecule has 5 nitrogen and oxygen atoms in total. The molecule has 0 radical (unpaired) electrons. The second-order valence-electron chi connectivity index (χ2n) is 7.91. The normalized spacial score (nSPS) is 16.2. The van der Waals surface area contributed by atoms with E-state index in [1.807, 2.05) is 11.0 Å². The van der Waals surface area contributed by atoms with Crippen LogP contribution in [0.2, 0.25) is 5.02 Å². The van der Waals surface area contributed by atoms with E-state index in [-0.39, 0.29) is 30.6 Å². The molecule has 4 rings (SSSR count). The molecule has 2 amide bonds. The summed E-state index contributed by atoms with van der Waals surface area (Å²) in [4.78, 5) is 29.2. The maximum Gasteiger partial charge on any atom is 0.254 e. The summed E-state index contributed by atoms with van der Waals surface area (Å²) < 4.78 is 0. The molecule has 0 saturated carbocycles. The van der Waals surface area contributed by atoms with Crippen molar-refractivity contribution in [3.8, 4) is 0 Å². The summed E-state index contributed by atoms with van der Waals surface area (Å²) in [5.74, 6) is -0.110. The van der Waals surface area contributed by atoms with E-state index in [1.165, 1.54) is 5.56 Å². The van der Waals surface area contributed by atoms with Crippen LogP contribution in [-0.2, 0) is 17.6 Å². The van der Waals surface area contributed by atoms with Crippen molar-refractivity contribution in [2.45, 2.75) is 31.7 Å². The number of carbonyl (C=O) groups is 2. The smallest absolute Gasteiger partial charge is 0.254 e. The molecule has 2 aliphatic heterocycles. The van der Waals surface area contributed by atoms with Crippen molar-refractivity contribution < 1.29 is 9.59 Å². The number of likely N-dealkylation sites (N-methyl/N-ethyl adjacent to an activating group) is 1. The minimum Gasteiger partial charge on any atom is -0.339 e. The van der Waals surface area contributed by atoms with E-state index in [0.717, 1.165) is 44.5 Å². The van der Waals surface area contributed by atoms with Crippen LogP contribution in [-0.4, -0.2) is 54.3 Å². The van der Waals surface area contributed by atoms with E-state index in [2.05, 4.69) is 41.5 Å². The number of carbonyl (C=O) groups excluding carboxylic acids is 2. The van der Waals surface area contributed by atoms with Gasteiger partial charge in [0.25, 0.3) is 5.91 Å². The summed E-state index contributed by atoms with van der Waals surface area (Å²) >= 11 is 6.18. The van der Waals surface area contributed by atoms with E-state index in [4.69, 9.17) is 11.6 Å². The van der Waals surface area contributed by atoms with Gasteiger partial charge in [0.05, 0.1) is 17.1 Å². The Hall–Kier alpha value is -2.08. The third kappa shape index (κ3) is 4.80. The average molecular weight is 448 g/mol. The molecule has 0 bridgehead atoms. The second-order valence-corrected chi connectivity index (χ2v) is 8.32. The maximum absolute atomic E-state index is 13.1. The molecule has 2 aliphatic rings. The number of halogens is 2. The highest BCUT2D eigenvalue weighted by Crippen LogP contribution is 2.34. The van der Waals surface area contributed by atoms with Crippen molar-refractivity contribution in [2.75, 3.05) is 32.0 Å². The number of hydrogen-bond acceptors (Lipinski definition) is 3. The Kier molecular flexibility index (Phi) is 7.40. The van der Waals surface area contributed by atoms with E-state index in [9.17, 15) is 9.59 Å². The molecular weight excluding hydrogens is 421 g/mol. The van der Waals surface area contributed by atoms with E-state index in [1.54, 1.807) is 12.1 Å². The van der Waals surface area contributed by atoms with Gasteiger partial charge in [0.15, 0.2) is 0 Å². The predicted molar refractivity (Wildman–Crippen MR) is 123 cm³/mol. The van der Waals surface area contributed by atoms with E-state index in [0.29, 0.717) is 22.3 Å². The van der Waals surface area contributed by atoms with Gasteiger partial charge in [-0.3, -0.25) is 9.59 Å². The molecule has 1 N–H and O–H groups in total. The zero-order valence-corrected chi connectivity index (χ0v) is 18.6. The first-order valence-corrected chi connectivity index (χ1v) is 10.6. The van der Waals surface area contributed by atoms with Gasteiger partial charge in [-0.05, 0) is 49.6 Å². The standard InChI is InChI=1S/C23H26ClN3O2.ClH/c1-26(12-9-16-5-3-2-4-6-16)17-10-13-27(14-11-17)23(29)18-7-8-20(24)22-19(18)15-21(28)25-22;/h2-8,17H,9-15H2,1H3,(H,25,28);1H. The SMILES string of the molecule is CN(CCc1ccccc1)C1CCN(C(=O)c2ccc(Cl)c3c2CC(=O)N3)CC1.Cl. The summed E-state index contributed by atoms with van der Waals surface area (Å²) in [6.45, 7) is 2.48. The van der Waals surface area contributed by atoms with E-state index >= 15 is 0 Å². The number of piperidine rings is 1. The summed E-state index contributed by atoms with van der Waals surface area (Å²) in [5, 5.41) is 3.25. The van der Waals surface area contributed by atoms with Crippen LogP contribution < -0.4 is 5.32 Å². The molecule has 1 saturated heterocycles. The molecule has 7 heteroatoms. The third-order valence-corrected chi connectivity index (χ3v) is 6.38. The first kappa shape index (κ1) is 22.6. The molecule has 0 aliphatic carbocycles. The number of likely N-dealkylation sites (tertiary alicyclic amines) is 1. The molecule has 0 atom stereocenters. The Balaban J connectivity index is 0.00000256. The Labute approximate surface area is 188 Å². The van der Waals surface area contributed by atoms with E-state index < -0.39 is 0 Å². The molecule has 2 aromatic rings. The highest BCUT2D eigenvalue weighted by atomic mass is 35.5. The van der Waals surface area contributed by atoms with Crippen LogP contribution in [0.1, 0.15) is 34.3 Å². The lowest BCUT2D eigenvalue weighted by Gasteiger charge is -2.37. The molecule has 1 fully saturated rings. The van der Waals surface area contributed by atoms with Crippen LogP contribution in [0.15, 0.2) is 42.5 Å². The van der Waals surface area contributed by atoms with Crippen molar-refractivity contribution in [2.24, 2.45) is 0 Å². The topological polar surface area (TPSA) is 52.7 Å². The predicted octanol–water partition coefficient (Wildman–Crippen LogP) is 4.04. The maximum atomic E-state index is 13.1. The van der Waals surface area contributed by atoms with Gasteiger partial charge in [-0.25, -0.2) is 0 Å². The Morgan fingerprint density at radius 1 is 1.17 bits per heavy atom. The average Bonchev–Trinajstić information content (AvgIpc) is 3.15. The molecule has 2 aromatic carbocycles. The largest absolute Gasteiger partial charge is 0.339 e. The molecule has 2 heterocycles. The molecule has 0 spiro atoms. The van der Waals surface area contributed by atoms with Crippen LogP contribution >= 0.6 is 24.0 Å². The van der Waals surface area contributed by atoms with Gasteiger partial charge >= 0.3 is 0 Å². The number of hydrogen-bond donors (Lipinski definition) is 1. The Morgan fingerprint density at radius 2 is 1.87 bits per heavy atom. The lowest BCUT2D eigenvalue weighted by atomic mass is 9.99. The minimum atomic E-state index is -0.110. The van der Waals surface area contributed by atoms with Crippen LogP contribution in [0.3, 0.4) is 0 Å². The summed E-state index contributed by atoms with van der Waals surface area (Å²) in [6.07, 6.45) is 3.18. The molecule has 160 valence electrons. The second kappa shape index (κ2) is 9.82. The molecule has 30 heavy (non-hydrogen) atoms. The van der Waals surface area contributed by atoms with Crippen molar-refractivity contribution in [3.63, 3.8) is 0 Å². The fourth-order valence-electron chi connectivity index (χ4n) is 4.30. The fraction of sp³-hybridized carbons (Fsp3) is 0.391. The summed E-state index contributed by atoms with van der Waals surface area (Å²) in [5.41, 5.74) is 3.28. The van der Waals surface area contributed by atoms with Crippen molar-refractivity contribution >= 4 is 41.5 Å². The Bertz CT molecular complexity index is 912. The Morgan fingerprint density at radius 3 is 2.57 bits per heavy atom. The molecular formula is C23H27Cl2N3O2. The molecule has 0 aromatic heterocycles. The van der Waals surface area contributed by atoms with Gasteiger partial charge in [0.2, 0.25) is 5.91 Å². The number of nitrogens with one attached hydrogen (secondary N) is 1. The fourth-order valence-corrected chi connectivity index (χ4v) is 4.52. The van der Waals surface area contributed by atoms with Crippen LogP contribution in [0.25, 0.3) is 0 Å². The highest BCUT2D eigenvalue weighted by molar-refractivity contribution is 6.34. The number of amides is 2. The quantitative estimate of drug-likeness (QED) is 0.752. The summed E-state index contributed by atoms with van der Waals surface area (Å²) in [6, 6.07) is 14.5. The van der Waals surface area contributed by atoms with Crippen molar-refractivity contribution in [1.29, 1.82) is 0 Å². The van der Waals surface area contributed by atoms with Gasteiger partial charge in [0.1, 0.15) is 0 Å². The van der Waals surface area contributed by atoms with Crippen molar-refractivity contribution in [1.82, 2.24) is 9.80 Å². The van der Waals surface area contributed by atoms with Gasteiger partial charge in [-0.15, -0.1) is 12.4 Å². The number of anilines is 1. The monoisotopic (exact) mass is 447 g/mol. The zero-order chi connectivity index (χ0) is 20.4. The first-order valence-electron chi connectivity index (χ1n) is 10.2. The van der Waals surface area contributed by atoms with Gasteiger partial charge in [-0.1, -0.05) is 41.9 Å². The van der Waals surface area contributed by atoms with Crippen LogP contribution in [0.4, 0.5) is 5.69 Å². The lowest BCUT2D eigenvalue weighted by molar-refractivity contribution is -0.115. The first-order chi connectivity index (χ1) is 14.0. The van der Waals surface area contributed by atoms with Gasteiger partial charge in [0, 0.05) is 31.2 Å². The van der Waals surface area contributed by atoms with Crippen molar-refractivity contribution in [3.05, 3.63) is 64.2 Å². The molecule has 0 unspecified atom stereocenters. The minimum absolute atomic E-state index is 0. The third-order valence-electron chi connectivity index (χ3n) is 6.07. The number of benzene rings is 2. The summed E-state index contributed by atoms with van der Waals surface area (Å²) in [7, 11) is 2.18. The number of fused-ring (bicyclic) bond motifs is 1. The number of rotatable bonds is 5.